The number of amides is 2. The Morgan fingerprint density at radius 1 is 1.43 bits per heavy atom. The molecule has 0 unspecified atom stereocenters. The lowest BCUT2D eigenvalue weighted by Gasteiger charge is -2.17. The van der Waals surface area contributed by atoms with Gasteiger partial charge in [0.05, 0.1) is 11.7 Å². The number of hydrogen-bond donors (Lipinski definition) is 3. The van der Waals surface area contributed by atoms with E-state index in [-0.39, 0.29) is 18.3 Å². The van der Waals surface area contributed by atoms with Gasteiger partial charge in [-0.3, -0.25) is 0 Å². The summed E-state index contributed by atoms with van der Waals surface area (Å²) in [6, 6.07) is 7.51. The molecule has 1 aromatic heterocycles. The third kappa shape index (κ3) is 4.27. The zero-order valence-electron chi connectivity index (χ0n) is 11.6. The van der Waals surface area contributed by atoms with Gasteiger partial charge in [-0.05, 0) is 42.5 Å². The standard InChI is InChI=1S/C15H17FN2O2S/c1-10-4-5-11(16)13(9-10)18-15(20)17-12(6-7-19)14-3-2-8-21-14/h2-5,8-9,12,19H,6-7H2,1H3,(H2,17,18,20)/t12-/m1/s1. The molecule has 0 aliphatic heterocycles. The van der Waals surface area contributed by atoms with E-state index < -0.39 is 11.8 Å². The number of carbonyl (C=O) groups excluding carboxylic acids is 1. The minimum atomic E-state index is -0.494. The van der Waals surface area contributed by atoms with Gasteiger partial charge >= 0.3 is 6.03 Å². The SMILES string of the molecule is Cc1ccc(F)c(NC(=O)N[C@H](CCO)c2cccs2)c1. The van der Waals surface area contributed by atoms with Crippen LogP contribution in [0.1, 0.15) is 22.9 Å². The van der Waals surface area contributed by atoms with Crippen LogP contribution >= 0.6 is 11.3 Å². The number of carbonyl (C=O) groups is 1. The van der Waals surface area contributed by atoms with Gasteiger partial charge in [0, 0.05) is 11.5 Å². The lowest BCUT2D eigenvalue weighted by molar-refractivity contribution is 0.239. The molecular formula is C15H17FN2O2S. The van der Waals surface area contributed by atoms with Crippen molar-refractivity contribution in [2.24, 2.45) is 0 Å². The molecule has 1 atom stereocenters. The number of urea groups is 1. The fraction of sp³-hybridized carbons (Fsp3) is 0.267. The summed E-state index contributed by atoms with van der Waals surface area (Å²) in [5.41, 5.74) is 0.998. The second kappa shape index (κ2) is 7.19. The van der Waals surface area contributed by atoms with Gasteiger partial charge < -0.3 is 15.7 Å². The van der Waals surface area contributed by atoms with E-state index in [1.165, 1.54) is 17.4 Å². The molecule has 1 aromatic carbocycles. The molecule has 0 spiro atoms. The highest BCUT2D eigenvalue weighted by atomic mass is 32.1. The first-order chi connectivity index (χ1) is 10.1. The summed E-state index contributed by atoms with van der Waals surface area (Å²) >= 11 is 1.50. The second-order valence-corrected chi connectivity index (χ2v) is 5.64. The van der Waals surface area contributed by atoms with E-state index in [9.17, 15) is 9.18 Å². The highest BCUT2D eigenvalue weighted by Gasteiger charge is 2.16. The predicted octanol–water partition coefficient (Wildman–Crippen LogP) is 3.44. The Kier molecular flexibility index (Phi) is 5.30. The number of anilines is 1. The first-order valence-electron chi connectivity index (χ1n) is 6.58. The molecule has 2 amide bonds. The molecule has 112 valence electrons. The first-order valence-corrected chi connectivity index (χ1v) is 7.46. The van der Waals surface area contributed by atoms with Crippen molar-refractivity contribution in [2.75, 3.05) is 11.9 Å². The number of rotatable bonds is 5. The quantitative estimate of drug-likeness (QED) is 0.792. The molecule has 6 heteroatoms. The number of aryl methyl sites for hydroxylation is 1. The van der Waals surface area contributed by atoms with Gasteiger partial charge in [0.15, 0.2) is 0 Å². The maximum Gasteiger partial charge on any atom is 0.319 e. The molecule has 4 nitrogen and oxygen atoms in total. The van der Waals surface area contributed by atoms with E-state index in [1.54, 1.807) is 12.1 Å². The van der Waals surface area contributed by atoms with Crippen molar-refractivity contribution in [1.82, 2.24) is 5.32 Å². The Morgan fingerprint density at radius 3 is 2.90 bits per heavy atom. The van der Waals surface area contributed by atoms with Crippen molar-refractivity contribution in [1.29, 1.82) is 0 Å². The van der Waals surface area contributed by atoms with Crippen molar-refractivity contribution in [3.63, 3.8) is 0 Å². The summed E-state index contributed by atoms with van der Waals surface area (Å²) in [5.74, 6) is -0.481. The lowest BCUT2D eigenvalue weighted by Crippen LogP contribution is -2.33. The van der Waals surface area contributed by atoms with Crippen LogP contribution in [0.4, 0.5) is 14.9 Å². The summed E-state index contributed by atoms with van der Waals surface area (Å²) in [4.78, 5) is 12.9. The van der Waals surface area contributed by atoms with Crippen LogP contribution in [0.2, 0.25) is 0 Å². The Labute approximate surface area is 126 Å². The van der Waals surface area contributed by atoms with Crippen molar-refractivity contribution in [3.8, 4) is 0 Å². The van der Waals surface area contributed by atoms with Crippen LogP contribution in [-0.2, 0) is 0 Å². The van der Waals surface area contributed by atoms with Gasteiger partial charge in [0.2, 0.25) is 0 Å². The number of nitrogens with one attached hydrogen (secondary N) is 2. The molecule has 0 radical (unpaired) electrons. The molecule has 2 rings (SSSR count). The molecule has 21 heavy (non-hydrogen) atoms. The van der Waals surface area contributed by atoms with Gasteiger partial charge in [-0.2, -0.15) is 0 Å². The number of aliphatic hydroxyl groups excluding tert-OH is 1. The van der Waals surface area contributed by atoms with E-state index in [0.717, 1.165) is 10.4 Å². The van der Waals surface area contributed by atoms with Gasteiger partial charge in [-0.1, -0.05) is 12.1 Å². The lowest BCUT2D eigenvalue weighted by atomic mass is 10.2. The fourth-order valence-electron chi connectivity index (χ4n) is 1.96. The van der Waals surface area contributed by atoms with Crippen LogP contribution in [0.15, 0.2) is 35.7 Å². The maximum atomic E-state index is 13.6. The van der Waals surface area contributed by atoms with Crippen LogP contribution in [0.3, 0.4) is 0 Å². The molecule has 0 aliphatic rings. The van der Waals surface area contributed by atoms with Gasteiger partial charge in [-0.25, -0.2) is 9.18 Å². The summed E-state index contributed by atoms with van der Waals surface area (Å²) in [5, 5.41) is 16.2. The Balaban J connectivity index is 2.04. The molecule has 2 aromatic rings. The Bertz CT molecular complexity index is 602. The van der Waals surface area contributed by atoms with Crippen molar-refractivity contribution in [2.45, 2.75) is 19.4 Å². The van der Waals surface area contributed by atoms with E-state index >= 15 is 0 Å². The monoisotopic (exact) mass is 308 g/mol. The summed E-state index contributed by atoms with van der Waals surface area (Å²) in [6.07, 6.45) is 0.407. The van der Waals surface area contributed by atoms with Gasteiger partial charge in [0.25, 0.3) is 0 Å². The summed E-state index contributed by atoms with van der Waals surface area (Å²) in [7, 11) is 0. The van der Waals surface area contributed by atoms with Crippen molar-refractivity contribution in [3.05, 3.63) is 52.0 Å². The third-order valence-corrected chi connectivity index (χ3v) is 3.97. The van der Waals surface area contributed by atoms with E-state index in [4.69, 9.17) is 5.11 Å². The topological polar surface area (TPSA) is 61.4 Å². The average Bonchev–Trinajstić information content (AvgIpc) is 2.96. The number of hydrogen-bond acceptors (Lipinski definition) is 3. The third-order valence-electron chi connectivity index (χ3n) is 2.98. The van der Waals surface area contributed by atoms with Crippen molar-refractivity contribution < 1.29 is 14.3 Å². The van der Waals surface area contributed by atoms with E-state index in [0.29, 0.717) is 6.42 Å². The minimum Gasteiger partial charge on any atom is -0.396 e. The molecule has 0 saturated carbocycles. The minimum absolute atomic E-state index is 0.0400. The zero-order chi connectivity index (χ0) is 15.2. The van der Waals surface area contributed by atoms with E-state index in [2.05, 4.69) is 10.6 Å². The molecule has 0 fully saturated rings. The first kappa shape index (κ1) is 15.5. The van der Waals surface area contributed by atoms with Crippen LogP contribution in [0, 0.1) is 12.7 Å². The number of benzene rings is 1. The largest absolute Gasteiger partial charge is 0.396 e. The number of aliphatic hydroxyl groups is 1. The maximum absolute atomic E-state index is 13.6. The van der Waals surface area contributed by atoms with Crippen molar-refractivity contribution >= 4 is 23.1 Å². The second-order valence-electron chi connectivity index (χ2n) is 4.66. The molecule has 0 bridgehead atoms. The normalized spacial score (nSPS) is 12.0. The van der Waals surface area contributed by atoms with Gasteiger partial charge in [-0.15, -0.1) is 11.3 Å². The summed E-state index contributed by atoms with van der Waals surface area (Å²) in [6.45, 7) is 1.78. The molecule has 3 N–H and O–H groups in total. The van der Waals surface area contributed by atoms with Crippen LogP contribution in [-0.4, -0.2) is 17.7 Å². The number of thiophene rings is 1. The zero-order valence-corrected chi connectivity index (χ0v) is 12.4. The highest BCUT2D eigenvalue weighted by molar-refractivity contribution is 7.10. The highest BCUT2D eigenvalue weighted by Crippen LogP contribution is 2.22. The van der Waals surface area contributed by atoms with Crippen LogP contribution < -0.4 is 10.6 Å². The van der Waals surface area contributed by atoms with Gasteiger partial charge in [0.1, 0.15) is 5.82 Å². The van der Waals surface area contributed by atoms with E-state index in [1.807, 2.05) is 24.4 Å². The molecular weight excluding hydrogens is 291 g/mol. The Hall–Kier alpha value is -1.92. The fourth-order valence-corrected chi connectivity index (χ4v) is 2.77. The molecule has 0 aliphatic carbocycles. The van der Waals surface area contributed by atoms with Crippen LogP contribution in [0.5, 0.6) is 0 Å². The van der Waals surface area contributed by atoms with Crippen LogP contribution in [0.25, 0.3) is 0 Å². The molecule has 0 saturated heterocycles. The smallest absolute Gasteiger partial charge is 0.319 e. The Morgan fingerprint density at radius 2 is 2.24 bits per heavy atom. The average molecular weight is 308 g/mol. The predicted molar refractivity (Wildman–Crippen MR) is 82.1 cm³/mol. The molecule has 1 heterocycles. The number of halogens is 1. The summed E-state index contributed by atoms with van der Waals surface area (Å²) < 4.78 is 13.6.